The lowest BCUT2D eigenvalue weighted by atomic mass is 10.2. The van der Waals surface area contributed by atoms with Crippen molar-refractivity contribution in [1.29, 1.82) is 0 Å². The third-order valence-corrected chi connectivity index (χ3v) is 6.28. The van der Waals surface area contributed by atoms with E-state index >= 15 is 0 Å². The summed E-state index contributed by atoms with van der Waals surface area (Å²) in [6.45, 7) is 0.568. The summed E-state index contributed by atoms with van der Waals surface area (Å²) in [5, 5.41) is 2.66. The molecule has 2 aromatic rings. The quantitative estimate of drug-likeness (QED) is 0.709. The molecule has 0 saturated carbocycles. The van der Waals surface area contributed by atoms with Gasteiger partial charge in [0, 0.05) is 25.6 Å². The van der Waals surface area contributed by atoms with Crippen molar-refractivity contribution in [1.82, 2.24) is 4.31 Å². The number of carbonyl (C=O) groups is 1. The Morgan fingerprint density at radius 1 is 1.07 bits per heavy atom. The summed E-state index contributed by atoms with van der Waals surface area (Å²) in [5.41, 5.74) is 0.407. The molecule has 162 valence electrons. The van der Waals surface area contributed by atoms with Gasteiger partial charge in [-0.25, -0.2) is 8.42 Å². The number of hydrogen-bond donors (Lipinski definition) is 1. The molecule has 0 radical (unpaired) electrons. The minimum atomic E-state index is -3.91. The number of carbonyl (C=O) groups excluding carboxylic acids is 1. The first kappa shape index (κ1) is 21.7. The molecule has 1 aliphatic heterocycles. The van der Waals surface area contributed by atoms with E-state index in [1.807, 2.05) is 0 Å². The Kier molecular flexibility index (Phi) is 6.68. The average Bonchev–Trinajstić information content (AvgIpc) is 2.98. The lowest BCUT2D eigenvalue weighted by molar-refractivity contribution is -0.116. The van der Waals surface area contributed by atoms with E-state index in [-0.39, 0.29) is 11.4 Å². The first-order valence-corrected chi connectivity index (χ1v) is 10.7. The van der Waals surface area contributed by atoms with Crippen molar-refractivity contribution in [3.8, 4) is 23.0 Å². The minimum Gasteiger partial charge on any atom is -0.497 e. The zero-order valence-corrected chi connectivity index (χ0v) is 17.8. The summed E-state index contributed by atoms with van der Waals surface area (Å²) in [6, 6.07) is 9.31. The van der Waals surface area contributed by atoms with E-state index in [2.05, 4.69) is 5.32 Å². The van der Waals surface area contributed by atoms with Gasteiger partial charge in [-0.05, 0) is 24.3 Å². The number of methoxy groups -OCH3 is 2. The molecule has 9 nitrogen and oxygen atoms in total. The van der Waals surface area contributed by atoms with Gasteiger partial charge < -0.3 is 24.3 Å². The number of nitrogens with one attached hydrogen (secondary N) is 1. The molecule has 3 rings (SSSR count). The Balaban J connectivity index is 1.72. The van der Waals surface area contributed by atoms with Crippen molar-refractivity contribution < 1.29 is 32.2 Å². The van der Waals surface area contributed by atoms with Crippen LogP contribution in [0.4, 0.5) is 5.69 Å². The van der Waals surface area contributed by atoms with E-state index in [9.17, 15) is 13.2 Å². The number of rotatable bonds is 7. The molecule has 30 heavy (non-hydrogen) atoms. The molecule has 1 aliphatic rings. The van der Waals surface area contributed by atoms with Crippen molar-refractivity contribution >= 4 is 21.6 Å². The van der Waals surface area contributed by atoms with Crippen LogP contribution in [0.15, 0.2) is 41.3 Å². The number of fused-ring (bicyclic) bond motifs is 1. The van der Waals surface area contributed by atoms with Crippen molar-refractivity contribution in [2.45, 2.75) is 11.3 Å². The number of amides is 1. The van der Waals surface area contributed by atoms with Crippen molar-refractivity contribution in [3.63, 3.8) is 0 Å². The number of anilines is 1. The zero-order chi connectivity index (χ0) is 21.7. The number of nitrogens with zero attached hydrogens (tertiary/aromatic N) is 1. The molecule has 1 amide bonds. The van der Waals surface area contributed by atoms with Gasteiger partial charge in [-0.3, -0.25) is 4.79 Å². The maximum Gasteiger partial charge on any atom is 0.243 e. The summed E-state index contributed by atoms with van der Waals surface area (Å²) >= 11 is 0. The molecule has 1 N–H and O–H groups in total. The molecule has 0 aliphatic carbocycles. The zero-order valence-electron chi connectivity index (χ0n) is 17.0. The van der Waals surface area contributed by atoms with Crippen LogP contribution in [-0.2, 0) is 14.8 Å². The molecule has 0 aromatic heterocycles. The van der Waals surface area contributed by atoms with Gasteiger partial charge in [0.15, 0.2) is 11.5 Å². The standard InChI is InChI=1S/C20H24N2O7S/c1-22(13-20(23)21-16-7-5-14(26-2)11-18(16)27-3)30(24,25)15-6-8-17-19(12-15)29-10-4-9-28-17/h5-8,11-12H,4,9-10,13H2,1-3H3,(H,21,23). The fraction of sp³-hybridized carbons (Fsp3) is 0.350. The monoisotopic (exact) mass is 436 g/mol. The van der Waals surface area contributed by atoms with E-state index < -0.39 is 15.9 Å². The maximum atomic E-state index is 12.9. The topological polar surface area (TPSA) is 103 Å². The Hall–Kier alpha value is -2.98. The first-order valence-electron chi connectivity index (χ1n) is 9.23. The fourth-order valence-electron chi connectivity index (χ4n) is 2.86. The van der Waals surface area contributed by atoms with Gasteiger partial charge in [0.05, 0.1) is 44.6 Å². The van der Waals surface area contributed by atoms with Crippen LogP contribution in [-0.4, -0.2) is 59.7 Å². The first-order chi connectivity index (χ1) is 14.3. The van der Waals surface area contributed by atoms with Crippen LogP contribution < -0.4 is 24.3 Å². The number of likely N-dealkylation sites (N-methyl/N-ethyl adjacent to an activating group) is 1. The summed E-state index contributed by atoms with van der Waals surface area (Å²) in [7, 11) is 0.408. The molecule has 10 heteroatoms. The third-order valence-electron chi connectivity index (χ3n) is 4.48. The van der Waals surface area contributed by atoms with Crippen LogP contribution in [0.1, 0.15) is 6.42 Å². The molecule has 0 saturated heterocycles. The summed E-state index contributed by atoms with van der Waals surface area (Å²) < 4.78 is 48.2. The maximum absolute atomic E-state index is 12.9. The van der Waals surface area contributed by atoms with Gasteiger partial charge in [0.25, 0.3) is 0 Å². The third kappa shape index (κ3) is 4.77. The van der Waals surface area contributed by atoms with Crippen molar-refractivity contribution in [3.05, 3.63) is 36.4 Å². The number of sulfonamides is 1. The predicted octanol–water partition coefficient (Wildman–Crippen LogP) is 2.12. The van der Waals surface area contributed by atoms with Gasteiger partial charge in [0.1, 0.15) is 11.5 Å². The highest BCUT2D eigenvalue weighted by Crippen LogP contribution is 2.33. The molecule has 0 atom stereocenters. The smallest absolute Gasteiger partial charge is 0.243 e. The lowest BCUT2D eigenvalue weighted by Crippen LogP contribution is -2.35. The van der Waals surface area contributed by atoms with E-state index in [1.165, 1.54) is 33.4 Å². The molecule has 0 unspecified atom stereocenters. The second-order valence-electron chi connectivity index (χ2n) is 6.53. The second-order valence-corrected chi connectivity index (χ2v) is 8.58. The van der Waals surface area contributed by atoms with Crippen LogP contribution >= 0.6 is 0 Å². The number of benzene rings is 2. The van der Waals surface area contributed by atoms with Crippen LogP contribution in [0.2, 0.25) is 0 Å². The van der Waals surface area contributed by atoms with Gasteiger partial charge in [-0.1, -0.05) is 0 Å². The van der Waals surface area contributed by atoms with Crippen LogP contribution in [0.5, 0.6) is 23.0 Å². The molecule has 2 aromatic carbocycles. The predicted molar refractivity (Wildman–Crippen MR) is 110 cm³/mol. The Morgan fingerprint density at radius 3 is 2.50 bits per heavy atom. The van der Waals surface area contributed by atoms with Gasteiger partial charge in [-0.15, -0.1) is 0 Å². The van der Waals surface area contributed by atoms with Gasteiger partial charge in [0.2, 0.25) is 15.9 Å². The Morgan fingerprint density at radius 2 is 1.80 bits per heavy atom. The highest BCUT2D eigenvalue weighted by Gasteiger charge is 2.25. The number of ether oxygens (including phenoxy) is 4. The second kappa shape index (κ2) is 9.23. The van der Waals surface area contributed by atoms with E-state index in [4.69, 9.17) is 18.9 Å². The lowest BCUT2D eigenvalue weighted by Gasteiger charge is -2.18. The van der Waals surface area contributed by atoms with Crippen LogP contribution in [0.25, 0.3) is 0 Å². The normalized spacial score (nSPS) is 13.5. The van der Waals surface area contributed by atoms with Crippen LogP contribution in [0.3, 0.4) is 0 Å². The molecule has 0 spiro atoms. The summed E-state index contributed by atoms with van der Waals surface area (Å²) in [5.74, 6) is 1.32. The molecular weight excluding hydrogens is 412 g/mol. The van der Waals surface area contributed by atoms with Gasteiger partial charge in [-0.2, -0.15) is 4.31 Å². The van der Waals surface area contributed by atoms with Crippen LogP contribution in [0, 0.1) is 0 Å². The SMILES string of the molecule is COc1ccc(NC(=O)CN(C)S(=O)(=O)c2ccc3c(c2)OCCCO3)c(OC)c1. The molecule has 0 fully saturated rings. The van der Waals surface area contributed by atoms with Crippen molar-refractivity contribution in [2.75, 3.05) is 46.3 Å². The molecule has 0 bridgehead atoms. The Bertz CT molecular complexity index is 1020. The highest BCUT2D eigenvalue weighted by atomic mass is 32.2. The molecular formula is C20H24N2O7S. The summed E-state index contributed by atoms with van der Waals surface area (Å²) in [4.78, 5) is 12.5. The van der Waals surface area contributed by atoms with E-state index in [1.54, 1.807) is 24.3 Å². The largest absolute Gasteiger partial charge is 0.497 e. The van der Waals surface area contributed by atoms with Gasteiger partial charge >= 0.3 is 0 Å². The summed E-state index contributed by atoms with van der Waals surface area (Å²) in [6.07, 6.45) is 0.714. The Labute approximate surface area is 175 Å². The fourth-order valence-corrected chi connectivity index (χ4v) is 4.01. The van der Waals surface area contributed by atoms with Crippen molar-refractivity contribution in [2.24, 2.45) is 0 Å². The molecule has 1 heterocycles. The minimum absolute atomic E-state index is 0.0177. The highest BCUT2D eigenvalue weighted by molar-refractivity contribution is 7.89. The number of hydrogen-bond acceptors (Lipinski definition) is 7. The van der Waals surface area contributed by atoms with E-state index in [0.717, 1.165) is 4.31 Å². The van der Waals surface area contributed by atoms with E-state index in [0.29, 0.717) is 48.3 Å². The average molecular weight is 436 g/mol.